The molecule has 1 heterocycles. The van der Waals surface area contributed by atoms with E-state index in [-0.39, 0.29) is 16.3 Å². The molecule has 144 valence electrons. The number of amides is 2. The summed E-state index contributed by atoms with van der Waals surface area (Å²) in [5.41, 5.74) is -0.398. The quantitative estimate of drug-likeness (QED) is 0.394. The molecule has 3 rings (SSSR count). The van der Waals surface area contributed by atoms with Crippen LogP contribution in [0, 0.1) is 10.1 Å². The lowest BCUT2D eigenvalue weighted by Gasteiger charge is -2.15. The number of benzene rings is 2. The third-order valence-corrected chi connectivity index (χ3v) is 5.09. The Kier molecular flexibility index (Phi) is 4.99. The van der Waals surface area contributed by atoms with Crippen LogP contribution in [0.2, 0.25) is 0 Å². The largest absolute Gasteiger partial charge is 0.416 e. The van der Waals surface area contributed by atoms with E-state index in [9.17, 15) is 32.9 Å². The van der Waals surface area contributed by atoms with Gasteiger partial charge in [-0.3, -0.25) is 19.7 Å². The molecule has 1 saturated heterocycles. The Hall–Kier alpha value is -3.14. The SMILES string of the molecule is C/C(=C1/SC(=O)N(c2cccc(C(F)(F)F)c2)C1=O)c1ccc([N+](=O)[O-])cc1. The van der Waals surface area contributed by atoms with Crippen LogP contribution in [0.1, 0.15) is 18.1 Å². The maximum absolute atomic E-state index is 12.9. The van der Waals surface area contributed by atoms with E-state index in [2.05, 4.69) is 0 Å². The van der Waals surface area contributed by atoms with Crippen molar-refractivity contribution in [3.8, 4) is 0 Å². The van der Waals surface area contributed by atoms with Crippen molar-refractivity contribution >= 4 is 39.9 Å². The minimum atomic E-state index is -4.61. The molecule has 0 saturated carbocycles. The molecule has 0 spiro atoms. The summed E-state index contributed by atoms with van der Waals surface area (Å²) < 4.78 is 38.7. The number of anilines is 1. The number of carbonyl (C=O) groups excluding carboxylic acids is 2. The molecule has 6 nitrogen and oxygen atoms in total. The molecule has 2 aromatic rings. The zero-order valence-electron chi connectivity index (χ0n) is 14.2. The molecule has 0 N–H and O–H groups in total. The number of halogens is 3. The fourth-order valence-electron chi connectivity index (χ4n) is 2.61. The molecule has 2 amide bonds. The summed E-state index contributed by atoms with van der Waals surface area (Å²) in [5.74, 6) is -0.745. The van der Waals surface area contributed by atoms with Gasteiger partial charge in [0.1, 0.15) is 0 Å². The second-order valence-corrected chi connectivity index (χ2v) is 6.78. The number of rotatable bonds is 3. The van der Waals surface area contributed by atoms with Gasteiger partial charge in [0.25, 0.3) is 16.8 Å². The van der Waals surface area contributed by atoms with Gasteiger partial charge >= 0.3 is 6.18 Å². The summed E-state index contributed by atoms with van der Waals surface area (Å²) in [5, 5.41) is 10.0. The first kappa shape index (κ1) is 19.6. The molecule has 0 unspecified atom stereocenters. The minimum Gasteiger partial charge on any atom is -0.268 e. The van der Waals surface area contributed by atoms with Gasteiger partial charge in [-0.15, -0.1) is 0 Å². The smallest absolute Gasteiger partial charge is 0.268 e. The normalized spacial score (nSPS) is 16.5. The molecule has 1 fully saturated rings. The molecule has 0 bridgehead atoms. The van der Waals surface area contributed by atoms with Crippen LogP contribution in [0.3, 0.4) is 0 Å². The molecular weight excluding hydrogens is 397 g/mol. The number of nitro groups is 1. The van der Waals surface area contributed by atoms with E-state index in [0.717, 1.165) is 18.2 Å². The highest BCUT2D eigenvalue weighted by Crippen LogP contribution is 2.40. The van der Waals surface area contributed by atoms with Crippen molar-refractivity contribution in [3.05, 3.63) is 74.7 Å². The van der Waals surface area contributed by atoms with Crippen LogP contribution in [-0.2, 0) is 11.0 Å². The van der Waals surface area contributed by atoms with Gasteiger partial charge in [0, 0.05) is 12.1 Å². The number of nitro benzene ring substituents is 1. The van der Waals surface area contributed by atoms with E-state index in [1.54, 1.807) is 6.92 Å². The molecule has 10 heteroatoms. The highest BCUT2D eigenvalue weighted by atomic mass is 32.2. The van der Waals surface area contributed by atoms with Gasteiger partial charge in [-0.05, 0) is 60.2 Å². The fraction of sp³-hybridized carbons (Fsp3) is 0.111. The van der Waals surface area contributed by atoms with E-state index in [0.29, 0.717) is 27.8 Å². The van der Waals surface area contributed by atoms with Crippen molar-refractivity contribution < 1.29 is 27.7 Å². The fourth-order valence-corrected chi connectivity index (χ4v) is 3.51. The average molecular weight is 408 g/mol. The summed E-state index contributed by atoms with van der Waals surface area (Å²) in [4.78, 5) is 35.9. The lowest BCUT2D eigenvalue weighted by atomic mass is 10.1. The van der Waals surface area contributed by atoms with Gasteiger partial charge in [0.2, 0.25) is 0 Å². The highest BCUT2D eigenvalue weighted by molar-refractivity contribution is 8.19. The van der Waals surface area contributed by atoms with Crippen molar-refractivity contribution in [1.29, 1.82) is 0 Å². The van der Waals surface area contributed by atoms with Crippen molar-refractivity contribution in [2.75, 3.05) is 4.90 Å². The van der Waals surface area contributed by atoms with Crippen molar-refractivity contribution in [1.82, 2.24) is 0 Å². The maximum atomic E-state index is 12.9. The Morgan fingerprint density at radius 3 is 2.32 bits per heavy atom. The Morgan fingerprint density at radius 1 is 1.11 bits per heavy atom. The highest BCUT2D eigenvalue weighted by Gasteiger charge is 2.39. The zero-order chi connectivity index (χ0) is 20.6. The van der Waals surface area contributed by atoms with Crippen LogP contribution in [0.25, 0.3) is 5.57 Å². The monoisotopic (exact) mass is 408 g/mol. The van der Waals surface area contributed by atoms with Crippen molar-refractivity contribution in [2.45, 2.75) is 13.1 Å². The van der Waals surface area contributed by atoms with Crippen LogP contribution >= 0.6 is 11.8 Å². The predicted molar refractivity (Wildman–Crippen MR) is 97.6 cm³/mol. The molecular formula is C18H11F3N2O4S. The zero-order valence-corrected chi connectivity index (χ0v) is 15.0. The standard InChI is InChI=1S/C18H11F3N2O4S/c1-10(11-5-7-13(8-6-11)23(26)27)15-16(24)22(17(25)28-15)14-4-2-3-12(9-14)18(19,20)21/h2-9H,1H3/b15-10-. The van der Waals surface area contributed by atoms with Crippen LogP contribution in [0.4, 0.5) is 29.3 Å². The minimum absolute atomic E-state index is 0.0521. The van der Waals surface area contributed by atoms with Crippen molar-refractivity contribution in [3.63, 3.8) is 0 Å². The third kappa shape index (κ3) is 3.63. The first-order chi connectivity index (χ1) is 13.1. The Bertz CT molecular complexity index is 1020. The summed E-state index contributed by atoms with van der Waals surface area (Å²) in [7, 11) is 0. The third-order valence-electron chi connectivity index (χ3n) is 4.05. The molecule has 1 aliphatic heterocycles. The number of carbonyl (C=O) groups is 2. The van der Waals surface area contributed by atoms with Gasteiger partial charge in [0.15, 0.2) is 0 Å². The van der Waals surface area contributed by atoms with Gasteiger partial charge in [-0.1, -0.05) is 6.07 Å². The van der Waals surface area contributed by atoms with E-state index < -0.39 is 27.8 Å². The van der Waals surface area contributed by atoms with Crippen LogP contribution < -0.4 is 4.90 Å². The van der Waals surface area contributed by atoms with Crippen LogP contribution in [-0.4, -0.2) is 16.1 Å². The lowest BCUT2D eigenvalue weighted by Crippen LogP contribution is -2.28. The Morgan fingerprint density at radius 2 is 1.75 bits per heavy atom. The van der Waals surface area contributed by atoms with E-state index in [4.69, 9.17) is 0 Å². The van der Waals surface area contributed by atoms with Gasteiger partial charge in [-0.2, -0.15) is 13.2 Å². The molecule has 0 atom stereocenters. The number of hydrogen-bond acceptors (Lipinski definition) is 5. The van der Waals surface area contributed by atoms with E-state index in [1.165, 1.54) is 30.3 Å². The number of non-ortho nitro benzene ring substituents is 1. The summed E-state index contributed by atoms with van der Waals surface area (Å²) in [6, 6.07) is 9.34. The van der Waals surface area contributed by atoms with Crippen LogP contribution in [0.15, 0.2) is 53.4 Å². The first-order valence-corrected chi connectivity index (χ1v) is 8.60. The molecule has 2 aromatic carbocycles. The second-order valence-electron chi connectivity index (χ2n) is 5.81. The van der Waals surface area contributed by atoms with E-state index >= 15 is 0 Å². The summed E-state index contributed by atoms with van der Waals surface area (Å²) in [6.45, 7) is 1.56. The molecule has 28 heavy (non-hydrogen) atoms. The van der Waals surface area contributed by atoms with Gasteiger partial charge < -0.3 is 0 Å². The number of allylic oxidation sites excluding steroid dienone is 1. The number of nitrogens with zero attached hydrogens (tertiary/aromatic N) is 2. The lowest BCUT2D eigenvalue weighted by molar-refractivity contribution is -0.384. The van der Waals surface area contributed by atoms with Gasteiger partial charge in [-0.25, -0.2) is 4.90 Å². The summed E-state index contributed by atoms with van der Waals surface area (Å²) in [6.07, 6.45) is -4.61. The second kappa shape index (κ2) is 7.12. The molecule has 0 radical (unpaired) electrons. The van der Waals surface area contributed by atoms with Crippen molar-refractivity contribution in [2.24, 2.45) is 0 Å². The molecule has 0 aromatic heterocycles. The van der Waals surface area contributed by atoms with Gasteiger partial charge in [0.05, 0.1) is 21.1 Å². The number of alkyl halides is 3. The number of imide groups is 1. The number of thioether (sulfide) groups is 1. The predicted octanol–water partition coefficient (Wildman–Crippen LogP) is 5.24. The topological polar surface area (TPSA) is 80.5 Å². The Balaban J connectivity index is 1.97. The van der Waals surface area contributed by atoms with E-state index in [1.807, 2.05) is 0 Å². The Labute approximate surface area is 160 Å². The molecule has 0 aliphatic carbocycles. The average Bonchev–Trinajstić information content (AvgIpc) is 2.95. The van der Waals surface area contributed by atoms with Crippen LogP contribution in [0.5, 0.6) is 0 Å². The molecule has 1 aliphatic rings. The summed E-state index contributed by atoms with van der Waals surface area (Å²) >= 11 is 0.605. The number of hydrogen-bond donors (Lipinski definition) is 0. The first-order valence-electron chi connectivity index (χ1n) is 7.79. The maximum Gasteiger partial charge on any atom is 0.416 e.